The van der Waals surface area contributed by atoms with E-state index in [1.165, 1.54) is 43.5 Å². The molecule has 2 N–H and O–H groups in total. The van der Waals surface area contributed by atoms with E-state index in [2.05, 4.69) is 44.8 Å². The molecular weight excluding hydrogens is 388 g/mol. The molecule has 1 fully saturated rings. The smallest absolute Gasteiger partial charge is 0.191 e. The number of benzene rings is 2. The standard InChI is InChI=1S/C25H36N4O2/c1-4-31-24-16-22(12-13-23(24)30-3)18-28-25(26-2)27-17-20-8-10-21(11-9-20)19-29-14-6-5-7-15-29/h8-13,16H,4-7,14-15,17-19H2,1-3H3,(H2,26,27,28). The average Bonchev–Trinajstić information content (AvgIpc) is 2.81. The Morgan fingerprint density at radius 1 is 0.903 bits per heavy atom. The van der Waals surface area contributed by atoms with Crippen LogP contribution in [-0.2, 0) is 19.6 Å². The van der Waals surface area contributed by atoms with Gasteiger partial charge in [-0.3, -0.25) is 9.89 Å². The second kappa shape index (κ2) is 12.2. The molecule has 0 saturated carbocycles. The van der Waals surface area contributed by atoms with E-state index < -0.39 is 0 Å². The van der Waals surface area contributed by atoms with E-state index in [0.29, 0.717) is 13.2 Å². The molecule has 0 aliphatic carbocycles. The van der Waals surface area contributed by atoms with Crippen molar-refractivity contribution in [2.24, 2.45) is 4.99 Å². The third kappa shape index (κ3) is 7.17. The fourth-order valence-electron chi connectivity index (χ4n) is 3.83. The molecule has 1 aliphatic rings. The zero-order valence-electron chi connectivity index (χ0n) is 19.1. The van der Waals surface area contributed by atoms with Crippen LogP contribution in [0.3, 0.4) is 0 Å². The van der Waals surface area contributed by atoms with Crippen LogP contribution in [0.25, 0.3) is 0 Å². The highest BCUT2D eigenvalue weighted by molar-refractivity contribution is 5.79. The summed E-state index contributed by atoms with van der Waals surface area (Å²) < 4.78 is 11.0. The Morgan fingerprint density at radius 3 is 2.19 bits per heavy atom. The maximum atomic E-state index is 5.66. The Labute approximate surface area is 186 Å². The van der Waals surface area contributed by atoms with E-state index in [-0.39, 0.29) is 0 Å². The van der Waals surface area contributed by atoms with Crippen molar-refractivity contribution in [3.63, 3.8) is 0 Å². The highest BCUT2D eigenvalue weighted by Crippen LogP contribution is 2.28. The lowest BCUT2D eigenvalue weighted by Crippen LogP contribution is -2.36. The lowest BCUT2D eigenvalue weighted by atomic mass is 10.1. The van der Waals surface area contributed by atoms with Gasteiger partial charge < -0.3 is 20.1 Å². The number of rotatable bonds is 9. The first-order valence-corrected chi connectivity index (χ1v) is 11.3. The van der Waals surface area contributed by atoms with Gasteiger partial charge in [-0.25, -0.2) is 0 Å². The minimum atomic E-state index is 0.604. The van der Waals surface area contributed by atoms with Crippen LogP contribution >= 0.6 is 0 Å². The van der Waals surface area contributed by atoms with Crippen molar-refractivity contribution in [2.75, 3.05) is 33.9 Å². The van der Waals surface area contributed by atoms with Crippen molar-refractivity contribution in [3.8, 4) is 11.5 Å². The Hall–Kier alpha value is -2.73. The van der Waals surface area contributed by atoms with Crippen molar-refractivity contribution < 1.29 is 9.47 Å². The van der Waals surface area contributed by atoms with E-state index in [9.17, 15) is 0 Å². The zero-order valence-corrected chi connectivity index (χ0v) is 19.1. The van der Waals surface area contributed by atoms with Gasteiger partial charge in [0.05, 0.1) is 13.7 Å². The molecule has 2 aromatic carbocycles. The van der Waals surface area contributed by atoms with Gasteiger partial charge in [-0.1, -0.05) is 36.8 Å². The third-order valence-corrected chi connectivity index (χ3v) is 5.55. The first-order valence-electron chi connectivity index (χ1n) is 11.3. The van der Waals surface area contributed by atoms with Crippen LogP contribution in [0.2, 0.25) is 0 Å². The van der Waals surface area contributed by atoms with Crippen LogP contribution in [0.1, 0.15) is 42.9 Å². The van der Waals surface area contributed by atoms with Crippen molar-refractivity contribution in [3.05, 3.63) is 59.2 Å². The first-order chi connectivity index (χ1) is 15.2. The largest absolute Gasteiger partial charge is 0.493 e. The quantitative estimate of drug-likeness (QED) is 0.472. The molecule has 3 rings (SSSR count). The van der Waals surface area contributed by atoms with Gasteiger partial charge in [-0.2, -0.15) is 0 Å². The maximum absolute atomic E-state index is 5.66. The normalized spacial score (nSPS) is 14.9. The Kier molecular flexibility index (Phi) is 9.03. The van der Waals surface area contributed by atoms with Gasteiger partial charge in [0.25, 0.3) is 0 Å². The number of nitrogens with one attached hydrogen (secondary N) is 2. The molecule has 0 spiro atoms. The summed E-state index contributed by atoms with van der Waals surface area (Å²) >= 11 is 0. The van der Waals surface area contributed by atoms with E-state index in [4.69, 9.17) is 9.47 Å². The van der Waals surface area contributed by atoms with Crippen LogP contribution in [0.15, 0.2) is 47.5 Å². The molecule has 6 nitrogen and oxygen atoms in total. The number of ether oxygens (including phenoxy) is 2. The predicted octanol–water partition coefficient (Wildman–Crippen LogP) is 3.95. The lowest BCUT2D eigenvalue weighted by molar-refractivity contribution is 0.221. The summed E-state index contributed by atoms with van der Waals surface area (Å²) in [5, 5.41) is 6.76. The zero-order chi connectivity index (χ0) is 21.9. The SMILES string of the molecule is CCOc1cc(CNC(=NC)NCc2ccc(CN3CCCCC3)cc2)ccc1OC. The van der Waals surface area contributed by atoms with Crippen LogP contribution in [0.4, 0.5) is 0 Å². The molecule has 1 saturated heterocycles. The topological polar surface area (TPSA) is 58.1 Å². The summed E-state index contributed by atoms with van der Waals surface area (Å²) in [6.45, 7) is 7.47. The summed E-state index contributed by atoms with van der Waals surface area (Å²) in [7, 11) is 3.44. The fourth-order valence-corrected chi connectivity index (χ4v) is 3.83. The van der Waals surface area contributed by atoms with E-state index >= 15 is 0 Å². The molecule has 0 unspecified atom stereocenters. The molecule has 6 heteroatoms. The number of hydrogen-bond donors (Lipinski definition) is 2. The second-order valence-corrected chi connectivity index (χ2v) is 7.85. The number of hydrogen-bond acceptors (Lipinski definition) is 4. The van der Waals surface area contributed by atoms with E-state index in [0.717, 1.165) is 36.1 Å². The molecule has 0 aromatic heterocycles. The number of piperidine rings is 1. The first kappa shape index (κ1) is 22.9. The predicted molar refractivity (Wildman–Crippen MR) is 127 cm³/mol. The van der Waals surface area contributed by atoms with Crippen LogP contribution in [0.5, 0.6) is 11.5 Å². The lowest BCUT2D eigenvalue weighted by Gasteiger charge is -2.26. The van der Waals surface area contributed by atoms with Crippen LogP contribution in [-0.4, -0.2) is 44.7 Å². The third-order valence-electron chi connectivity index (χ3n) is 5.55. The Balaban J connectivity index is 1.47. The van der Waals surface area contributed by atoms with Gasteiger partial charge in [0, 0.05) is 26.7 Å². The molecular formula is C25H36N4O2. The van der Waals surface area contributed by atoms with Gasteiger partial charge in [0.1, 0.15) is 0 Å². The summed E-state index contributed by atoms with van der Waals surface area (Å²) in [5.74, 6) is 2.28. The van der Waals surface area contributed by atoms with E-state index in [1.54, 1.807) is 14.2 Å². The minimum absolute atomic E-state index is 0.604. The van der Waals surface area contributed by atoms with Gasteiger partial charge in [-0.05, 0) is 61.7 Å². The summed E-state index contributed by atoms with van der Waals surface area (Å²) in [4.78, 5) is 6.89. The van der Waals surface area contributed by atoms with E-state index in [1.807, 2.05) is 25.1 Å². The molecule has 1 aliphatic heterocycles. The van der Waals surface area contributed by atoms with Gasteiger partial charge in [-0.15, -0.1) is 0 Å². The molecule has 0 atom stereocenters. The number of methoxy groups -OCH3 is 1. The van der Waals surface area contributed by atoms with Crippen molar-refractivity contribution in [1.29, 1.82) is 0 Å². The molecule has 0 amide bonds. The highest BCUT2D eigenvalue weighted by Gasteiger charge is 2.10. The fraction of sp³-hybridized carbons (Fsp3) is 0.480. The molecule has 0 radical (unpaired) electrons. The summed E-state index contributed by atoms with van der Waals surface area (Å²) in [6, 6.07) is 14.9. The Bertz CT molecular complexity index is 830. The highest BCUT2D eigenvalue weighted by atomic mass is 16.5. The molecule has 168 valence electrons. The second-order valence-electron chi connectivity index (χ2n) is 7.85. The summed E-state index contributed by atoms with van der Waals surface area (Å²) in [5.41, 5.74) is 3.74. The number of nitrogens with zero attached hydrogens (tertiary/aromatic N) is 2. The van der Waals surface area contributed by atoms with Crippen molar-refractivity contribution in [2.45, 2.75) is 45.8 Å². The van der Waals surface area contributed by atoms with Gasteiger partial charge in [0.2, 0.25) is 0 Å². The maximum Gasteiger partial charge on any atom is 0.191 e. The molecule has 2 aromatic rings. The van der Waals surface area contributed by atoms with Gasteiger partial charge in [0.15, 0.2) is 17.5 Å². The average molecular weight is 425 g/mol. The minimum Gasteiger partial charge on any atom is -0.493 e. The number of likely N-dealkylation sites (tertiary alicyclic amines) is 1. The molecule has 0 bridgehead atoms. The summed E-state index contributed by atoms with van der Waals surface area (Å²) in [6.07, 6.45) is 4.04. The monoisotopic (exact) mass is 424 g/mol. The number of aliphatic imine (C=N–C) groups is 1. The van der Waals surface area contributed by atoms with Crippen molar-refractivity contribution >= 4 is 5.96 Å². The number of guanidine groups is 1. The van der Waals surface area contributed by atoms with Crippen molar-refractivity contribution in [1.82, 2.24) is 15.5 Å². The van der Waals surface area contributed by atoms with Gasteiger partial charge >= 0.3 is 0 Å². The van der Waals surface area contributed by atoms with Crippen LogP contribution < -0.4 is 20.1 Å². The molecule has 1 heterocycles. The molecule has 31 heavy (non-hydrogen) atoms. The van der Waals surface area contributed by atoms with Crippen LogP contribution in [0, 0.1) is 0 Å². The Morgan fingerprint density at radius 2 is 1.55 bits per heavy atom.